The Kier molecular flexibility index (Phi) is 8.60. The molecule has 1 heterocycles. The maximum Gasteiger partial charge on any atom is 0.193 e. The molecule has 0 atom stereocenters. The number of aromatic nitrogens is 1. The van der Waals surface area contributed by atoms with Crippen molar-refractivity contribution in [3.05, 3.63) is 59.5 Å². The fraction of sp³-hybridized carbons (Fsp3) is 0.333. The van der Waals surface area contributed by atoms with E-state index >= 15 is 0 Å². The quantitative estimate of drug-likeness (QED) is 0.426. The largest absolute Gasteiger partial charge is 0.363 e. The van der Waals surface area contributed by atoms with Crippen LogP contribution in [0, 0.1) is 5.82 Å². The second-order valence-electron chi connectivity index (χ2n) is 5.80. The normalized spacial score (nSPS) is 10.8. The molecule has 2 rings (SSSR count). The number of rotatable bonds is 5. The first kappa shape index (κ1) is 21.1. The third-order valence-electron chi connectivity index (χ3n) is 3.62. The molecule has 0 unspecified atom stereocenters. The van der Waals surface area contributed by atoms with Crippen molar-refractivity contribution in [1.29, 1.82) is 0 Å². The third-order valence-corrected chi connectivity index (χ3v) is 3.62. The molecule has 7 heteroatoms. The fourth-order valence-electron chi connectivity index (χ4n) is 2.29. The smallest absolute Gasteiger partial charge is 0.193 e. The van der Waals surface area contributed by atoms with Gasteiger partial charge in [0.15, 0.2) is 5.96 Å². The molecule has 0 spiro atoms. The molecule has 0 saturated carbocycles. The van der Waals surface area contributed by atoms with Crippen LogP contribution >= 0.6 is 24.0 Å². The van der Waals surface area contributed by atoms with Gasteiger partial charge in [0.2, 0.25) is 0 Å². The van der Waals surface area contributed by atoms with Gasteiger partial charge < -0.3 is 15.1 Å². The van der Waals surface area contributed by atoms with E-state index in [9.17, 15) is 4.39 Å². The predicted molar refractivity (Wildman–Crippen MR) is 112 cm³/mol. The summed E-state index contributed by atoms with van der Waals surface area (Å²) in [6.07, 6.45) is 1.86. The molecule has 0 bridgehead atoms. The minimum Gasteiger partial charge on any atom is -0.363 e. The van der Waals surface area contributed by atoms with Crippen LogP contribution in [0.15, 0.2) is 47.6 Å². The van der Waals surface area contributed by atoms with E-state index in [2.05, 4.69) is 15.3 Å². The van der Waals surface area contributed by atoms with E-state index < -0.39 is 0 Å². The van der Waals surface area contributed by atoms with Gasteiger partial charge in [-0.05, 0) is 29.3 Å². The highest BCUT2D eigenvalue weighted by Crippen LogP contribution is 2.08. The maximum atomic E-state index is 13.0. The van der Waals surface area contributed by atoms with Crippen molar-refractivity contribution in [2.45, 2.75) is 13.1 Å². The number of nitrogens with one attached hydrogen (secondary N) is 1. The number of hydrogen-bond acceptors (Lipinski definition) is 3. The zero-order valence-corrected chi connectivity index (χ0v) is 17.4. The van der Waals surface area contributed by atoms with Gasteiger partial charge in [0.05, 0.1) is 0 Å². The molecule has 0 aliphatic heterocycles. The molecule has 0 radical (unpaired) electrons. The van der Waals surface area contributed by atoms with Gasteiger partial charge in [0.1, 0.15) is 11.6 Å². The highest BCUT2D eigenvalue weighted by Gasteiger charge is 2.07. The molecule has 1 aromatic carbocycles. The van der Waals surface area contributed by atoms with Crippen LogP contribution in [0.5, 0.6) is 0 Å². The maximum absolute atomic E-state index is 13.0. The first-order valence-corrected chi connectivity index (χ1v) is 7.78. The lowest BCUT2D eigenvalue weighted by Gasteiger charge is -2.22. The molecular weight excluding hydrogens is 432 g/mol. The molecule has 0 aliphatic rings. The molecule has 1 N–H and O–H groups in total. The summed E-state index contributed by atoms with van der Waals surface area (Å²) in [6, 6.07) is 10.5. The van der Waals surface area contributed by atoms with E-state index in [-0.39, 0.29) is 29.8 Å². The highest BCUT2D eigenvalue weighted by molar-refractivity contribution is 14.0. The number of hydrogen-bond donors (Lipinski definition) is 1. The van der Waals surface area contributed by atoms with Crippen LogP contribution < -0.4 is 10.2 Å². The second-order valence-corrected chi connectivity index (χ2v) is 5.80. The van der Waals surface area contributed by atoms with E-state index in [0.717, 1.165) is 22.9 Å². The number of benzene rings is 1. The van der Waals surface area contributed by atoms with Crippen molar-refractivity contribution in [1.82, 2.24) is 15.2 Å². The van der Waals surface area contributed by atoms with Gasteiger partial charge in [-0.15, -0.1) is 24.0 Å². The van der Waals surface area contributed by atoms with Crippen molar-refractivity contribution in [3.63, 3.8) is 0 Å². The van der Waals surface area contributed by atoms with Crippen molar-refractivity contribution >= 4 is 35.8 Å². The van der Waals surface area contributed by atoms with E-state index in [0.29, 0.717) is 13.1 Å². The Hall–Kier alpha value is -1.90. The number of guanidine groups is 1. The van der Waals surface area contributed by atoms with E-state index in [1.54, 1.807) is 19.2 Å². The average molecular weight is 457 g/mol. The second kappa shape index (κ2) is 10.2. The molecule has 2 aromatic rings. The Balaban J connectivity index is 0.00000312. The van der Waals surface area contributed by atoms with Crippen LogP contribution in [0.4, 0.5) is 10.2 Å². The monoisotopic (exact) mass is 457 g/mol. The Morgan fingerprint density at radius 3 is 2.24 bits per heavy atom. The number of aliphatic imine (C=N–C) groups is 1. The van der Waals surface area contributed by atoms with E-state index in [4.69, 9.17) is 0 Å². The van der Waals surface area contributed by atoms with E-state index in [1.165, 1.54) is 12.1 Å². The molecule has 0 saturated heterocycles. The van der Waals surface area contributed by atoms with Crippen molar-refractivity contribution < 1.29 is 4.39 Å². The summed E-state index contributed by atoms with van der Waals surface area (Å²) in [5, 5.41) is 3.31. The summed E-state index contributed by atoms with van der Waals surface area (Å²) in [6.45, 7) is 1.29. The minimum atomic E-state index is -0.224. The number of halogens is 2. The molecule has 0 aliphatic carbocycles. The molecule has 0 amide bonds. The van der Waals surface area contributed by atoms with Crippen LogP contribution in [-0.2, 0) is 13.1 Å². The van der Waals surface area contributed by atoms with Crippen molar-refractivity contribution in [2.75, 3.05) is 33.1 Å². The lowest BCUT2D eigenvalue weighted by Crippen LogP contribution is -2.38. The topological polar surface area (TPSA) is 43.8 Å². The van der Waals surface area contributed by atoms with Crippen LogP contribution in [0.3, 0.4) is 0 Å². The SMILES string of the molecule is CN=C(NCc1ccc(N(C)C)nc1)N(C)Cc1ccc(F)cc1.I. The number of pyridine rings is 1. The average Bonchev–Trinajstić information content (AvgIpc) is 2.58. The van der Waals surface area contributed by atoms with Crippen LogP contribution in [0.1, 0.15) is 11.1 Å². The van der Waals surface area contributed by atoms with Gasteiger partial charge in [-0.1, -0.05) is 18.2 Å². The van der Waals surface area contributed by atoms with Crippen LogP contribution in [-0.4, -0.2) is 44.0 Å². The third kappa shape index (κ3) is 6.49. The molecule has 0 fully saturated rings. The molecule has 136 valence electrons. The summed E-state index contributed by atoms with van der Waals surface area (Å²) < 4.78 is 13.0. The summed E-state index contributed by atoms with van der Waals surface area (Å²) in [5.74, 6) is 1.48. The standard InChI is InChI=1S/C18H24FN5.HI/c1-20-18(24(4)13-14-5-8-16(19)9-6-14)22-12-15-7-10-17(21-11-15)23(2)3;/h5-11H,12-13H2,1-4H3,(H,20,22);1H. The predicted octanol–water partition coefficient (Wildman–Crippen LogP) is 3.11. The zero-order valence-electron chi connectivity index (χ0n) is 15.0. The summed E-state index contributed by atoms with van der Waals surface area (Å²) in [4.78, 5) is 12.7. The Morgan fingerprint density at radius 2 is 1.72 bits per heavy atom. The summed E-state index contributed by atoms with van der Waals surface area (Å²) in [5.41, 5.74) is 2.11. The van der Waals surface area contributed by atoms with Gasteiger partial charge in [0.25, 0.3) is 0 Å². The van der Waals surface area contributed by atoms with Gasteiger partial charge in [-0.25, -0.2) is 9.37 Å². The van der Waals surface area contributed by atoms with Crippen molar-refractivity contribution in [2.24, 2.45) is 4.99 Å². The zero-order chi connectivity index (χ0) is 17.5. The van der Waals surface area contributed by atoms with Crippen LogP contribution in [0.2, 0.25) is 0 Å². The summed E-state index contributed by atoms with van der Waals surface area (Å²) in [7, 11) is 7.63. The number of nitrogens with zero attached hydrogens (tertiary/aromatic N) is 4. The van der Waals surface area contributed by atoms with E-state index in [1.807, 2.05) is 49.3 Å². The first-order chi connectivity index (χ1) is 11.5. The van der Waals surface area contributed by atoms with Gasteiger partial charge >= 0.3 is 0 Å². The Labute approximate surface area is 166 Å². The lowest BCUT2D eigenvalue weighted by atomic mass is 10.2. The molecule has 25 heavy (non-hydrogen) atoms. The van der Waals surface area contributed by atoms with Gasteiger partial charge in [-0.3, -0.25) is 4.99 Å². The summed E-state index contributed by atoms with van der Waals surface area (Å²) >= 11 is 0. The molecule has 5 nitrogen and oxygen atoms in total. The molecular formula is C18H25FIN5. The highest BCUT2D eigenvalue weighted by atomic mass is 127. The minimum absolute atomic E-state index is 0. The van der Waals surface area contributed by atoms with Crippen LogP contribution in [0.25, 0.3) is 0 Å². The lowest BCUT2D eigenvalue weighted by molar-refractivity contribution is 0.476. The fourth-order valence-corrected chi connectivity index (χ4v) is 2.29. The van der Waals surface area contributed by atoms with Crippen molar-refractivity contribution in [3.8, 4) is 0 Å². The first-order valence-electron chi connectivity index (χ1n) is 7.78. The number of anilines is 1. The van der Waals surface area contributed by atoms with Gasteiger partial charge in [0, 0.05) is 47.5 Å². The molecule has 1 aromatic heterocycles. The Bertz CT molecular complexity index is 671. The Morgan fingerprint density at radius 1 is 1.08 bits per heavy atom. The van der Waals surface area contributed by atoms with Gasteiger partial charge in [-0.2, -0.15) is 0 Å².